The number of benzene rings is 1. The Kier molecular flexibility index (Phi) is 4.84. The molecule has 0 fully saturated rings. The van der Waals surface area contributed by atoms with E-state index in [9.17, 15) is 0 Å². The number of thiophene rings is 1. The molecular formula is C14H18ClNS. The molecule has 2 rings (SSSR count). The fourth-order valence-corrected chi connectivity index (χ4v) is 3.10. The van der Waals surface area contributed by atoms with Crippen LogP contribution in [0.1, 0.15) is 18.9 Å². The van der Waals surface area contributed by atoms with Crippen molar-refractivity contribution in [2.24, 2.45) is 0 Å². The predicted octanol–water partition coefficient (Wildman–Crippen LogP) is 4.35. The maximum Gasteiger partial charge on any atom is 0.0346 e. The first kappa shape index (κ1) is 12.9. The lowest BCUT2D eigenvalue weighted by molar-refractivity contribution is 0.282. The first-order chi connectivity index (χ1) is 8.35. The van der Waals surface area contributed by atoms with Crippen molar-refractivity contribution >= 4 is 33.0 Å². The van der Waals surface area contributed by atoms with Crippen molar-refractivity contribution in [1.29, 1.82) is 0 Å². The Morgan fingerprint density at radius 3 is 2.88 bits per heavy atom. The van der Waals surface area contributed by atoms with Gasteiger partial charge in [-0.05, 0) is 41.9 Å². The monoisotopic (exact) mass is 267 g/mol. The highest BCUT2D eigenvalue weighted by Crippen LogP contribution is 2.26. The van der Waals surface area contributed by atoms with Gasteiger partial charge in [-0.1, -0.05) is 25.1 Å². The van der Waals surface area contributed by atoms with E-state index in [-0.39, 0.29) is 0 Å². The average molecular weight is 268 g/mol. The number of fused-ring (bicyclic) bond motifs is 1. The first-order valence-electron chi connectivity index (χ1n) is 6.08. The molecule has 0 unspecified atom stereocenters. The van der Waals surface area contributed by atoms with E-state index in [0.717, 1.165) is 31.9 Å². The third-order valence-corrected chi connectivity index (χ3v) is 4.29. The lowest BCUT2D eigenvalue weighted by Crippen LogP contribution is -2.24. The minimum Gasteiger partial charge on any atom is -0.299 e. The smallest absolute Gasteiger partial charge is 0.0346 e. The van der Waals surface area contributed by atoms with E-state index in [2.05, 4.69) is 41.5 Å². The molecule has 1 aromatic carbocycles. The highest BCUT2D eigenvalue weighted by molar-refractivity contribution is 7.17. The molecule has 0 spiro atoms. The third kappa shape index (κ3) is 3.21. The van der Waals surface area contributed by atoms with E-state index in [1.54, 1.807) is 0 Å². The van der Waals surface area contributed by atoms with Gasteiger partial charge in [0, 0.05) is 17.1 Å². The summed E-state index contributed by atoms with van der Waals surface area (Å²) < 4.78 is 1.39. The molecule has 0 aliphatic rings. The van der Waals surface area contributed by atoms with Gasteiger partial charge in [0.25, 0.3) is 0 Å². The molecule has 0 saturated carbocycles. The fraction of sp³-hybridized carbons (Fsp3) is 0.429. The van der Waals surface area contributed by atoms with Gasteiger partial charge >= 0.3 is 0 Å². The van der Waals surface area contributed by atoms with Crippen LogP contribution in [0.25, 0.3) is 10.1 Å². The SMILES string of the molecule is CCN(CCCCl)Cc1csc2ccccc12. The average Bonchev–Trinajstić information content (AvgIpc) is 2.78. The summed E-state index contributed by atoms with van der Waals surface area (Å²) >= 11 is 7.59. The molecule has 3 heteroatoms. The second kappa shape index (κ2) is 6.39. The Balaban J connectivity index is 2.11. The van der Waals surface area contributed by atoms with E-state index < -0.39 is 0 Å². The second-order valence-corrected chi connectivity index (χ2v) is 5.46. The van der Waals surface area contributed by atoms with Gasteiger partial charge in [0.05, 0.1) is 0 Å². The molecule has 1 nitrogen and oxygen atoms in total. The molecule has 17 heavy (non-hydrogen) atoms. The van der Waals surface area contributed by atoms with Crippen LogP contribution in [0.3, 0.4) is 0 Å². The van der Waals surface area contributed by atoms with Gasteiger partial charge in [0.1, 0.15) is 0 Å². The molecule has 0 N–H and O–H groups in total. The molecule has 0 amide bonds. The summed E-state index contributed by atoms with van der Waals surface area (Å²) in [7, 11) is 0. The predicted molar refractivity (Wildman–Crippen MR) is 78.1 cm³/mol. The topological polar surface area (TPSA) is 3.24 Å². The molecule has 0 aliphatic carbocycles. The van der Waals surface area contributed by atoms with E-state index in [4.69, 9.17) is 11.6 Å². The summed E-state index contributed by atoms with van der Waals surface area (Å²) in [5.41, 5.74) is 1.45. The number of rotatable bonds is 6. The van der Waals surface area contributed by atoms with E-state index in [1.165, 1.54) is 15.6 Å². The van der Waals surface area contributed by atoms with Crippen molar-refractivity contribution in [2.45, 2.75) is 19.9 Å². The molecule has 0 bridgehead atoms. The maximum absolute atomic E-state index is 5.75. The van der Waals surface area contributed by atoms with Crippen LogP contribution >= 0.6 is 22.9 Å². The van der Waals surface area contributed by atoms with Crippen molar-refractivity contribution in [1.82, 2.24) is 4.90 Å². The van der Waals surface area contributed by atoms with Crippen LogP contribution < -0.4 is 0 Å². The largest absolute Gasteiger partial charge is 0.299 e. The quantitative estimate of drug-likeness (QED) is 0.704. The Morgan fingerprint density at radius 2 is 2.12 bits per heavy atom. The van der Waals surface area contributed by atoms with Crippen LogP contribution in [0.15, 0.2) is 29.6 Å². The Morgan fingerprint density at radius 1 is 1.29 bits per heavy atom. The summed E-state index contributed by atoms with van der Waals surface area (Å²) in [5, 5.41) is 3.69. The highest BCUT2D eigenvalue weighted by atomic mass is 35.5. The molecule has 0 saturated heterocycles. The lowest BCUT2D eigenvalue weighted by atomic mass is 10.1. The lowest BCUT2D eigenvalue weighted by Gasteiger charge is -2.19. The van der Waals surface area contributed by atoms with Gasteiger partial charge in [0.15, 0.2) is 0 Å². The number of hydrogen-bond acceptors (Lipinski definition) is 2. The van der Waals surface area contributed by atoms with Crippen molar-refractivity contribution < 1.29 is 0 Å². The normalized spacial score (nSPS) is 11.5. The summed E-state index contributed by atoms with van der Waals surface area (Å²) in [6.45, 7) is 5.42. The minimum absolute atomic E-state index is 0.751. The summed E-state index contributed by atoms with van der Waals surface area (Å²) in [4.78, 5) is 2.46. The van der Waals surface area contributed by atoms with Crippen molar-refractivity contribution in [2.75, 3.05) is 19.0 Å². The number of nitrogens with zero attached hydrogens (tertiary/aromatic N) is 1. The maximum atomic E-state index is 5.75. The van der Waals surface area contributed by atoms with Crippen LogP contribution in [0.2, 0.25) is 0 Å². The number of halogens is 1. The van der Waals surface area contributed by atoms with Gasteiger partial charge in [-0.15, -0.1) is 22.9 Å². The standard InChI is InChI=1S/C14H18ClNS/c1-2-16(9-5-8-15)10-12-11-17-14-7-4-3-6-13(12)14/h3-4,6-7,11H,2,5,8-10H2,1H3. The Labute approximate surface area is 112 Å². The number of alkyl halides is 1. The molecule has 0 atom stereocenters. The van der Waals surface area contributed by atoms with E-state index >= 15 is 0 Å². The van der Waals surface area contributed by atoms with Gasteiger partial charge in [-0.25, -0.2) is 0 Å². The third-order valence-electron chi connectivity index (χ3n) is 3.01. The molecular weight excluding hydrogens is 250 g/mol. The molecule has 92 valence electrons. The zero-order chi connectivity index (χ0) is 12.1. The molecule has 0 aliphatic heterocycles. The highest BCUT2D eigenvalue weighted by Gasteiger charge is 2.07. The van der Waals surface area contributed by atoms with Crippen molar-refractivity contribution in [3.05, 3.63) is 35.2 Å². The number of hydrogen-bond donors (Lipinski definition) is 0. The van der Waals surface area contributed by atoms with Crippen LogP contribution in [0.5, 0.6) is 0 Å². The second-order valence-electron chi connectivity index (χ2n) is 4.17. The summed E-state index contributed by atoms with van der Waals surface area (Å²) in [5.74, 6) is 0.751. The Bertz CT molecular complexity index is 466. The fourth-order valence-electron chi connectivity index (χ4n) is 2.03. The van der Waals surface area contributed by atoms with Crippen LogP contribution in [-0.4, -0.2) is 23.9 Å². The molecule has 1 aromatic heterocycles. The minimum atomic E-state index is 0.751. The van der Waals surface area contributed by atoms with E-state index in [1.807, 2.05) is 11.3 Å². The van der Waals surface area contributed by atoms with Gasteiger partial charge < -0.3 is 0 Å². The molecule has 2 aromatic rings. The Hall–Kier alpha value is -0.570. The van der Waals surface area contributed by atoms with E-state index in [0.29, 0.717) is 0 Å². The van der Waals surface area contributed by atoms with Crippen molar-refractivity contribution in [3.63, 3.8) is 0 Å². The zero-order valence-corrected chi connectivity index (χ0v) is 11.7. The van der Waals surface area contributed by atoms with Gasteiger partial charge in [-0.2, -0.15) is 0 Å². The molecule has 1 heterocycles. The molecule has 0 radical (unpaired) electrons. The van der Waals surface area contributed by atoms with Crippen LogP contribution in [-0.2, 0) is 6.54 Å². The summed E-state index contributed by atoms with van der Waals surface area (Å²) in [6, 6.07) is 8.64. The van der Waals surface area contributed by atoms with Crippen molar-refractivity contribution in [3.8, 4) is 0 Å². The van der Waals surface area contributed by atoms with Crippen LogP contribution in [0, 0.1) is 0 Å². The first-order valence-corrected chi connectivity index (χ1v) is 7.50. The van der Waals surface area contributed by atoms with Gasteiger partial charge in [-0.3, -0.25) is 4.90 Å². The van der Waals surface area contributed by atoms with Crippen LogP contribution in [0.4, 0.5) is 0 Å². The van der Waals surface area contributed by atoms with Gasteiger partial charge in [0.2, 0.25) is 0 Å². The summed E-state index contributed by atoms with van der Waals surface area (Å²) in [6.07, 6.45) is 1.07. The zero-order valence-electron chi connectivity index (χ0n) is 10.2.